The number of hydrogen-bond donors (Lipinski definition) is 5. The first-order valence-electron chi connectivity index (χ1n) is 13.4. The normalized spacial score (nSPS) is 17.5. The number of hydrogen-bond acceptors (Lipinski definition) is 9. The van der Waals surface area contributed by atoms with Gasteiger partial charge in [-0.05, 0) is 38.3 Å². The van der Waals surface area contributed by atoms with Crippen LogP contribution in [-0.4, -0.2) is 70.9 Å². The molecular weight excluding hydrogens is 528 g/mol. The van der Waals surface area contributed by atoms with E-state index in [4.69, 9.17) is 11.5 Å². The van der Waals surface area contributed by atoms with Crippen molar-refractivity contribution in [3.63, 3.8) is 0 Å². The zero-order valence-corrected chi connectivity index (χ0v) is 23.5. The van der Waals surface area contributed by atoms with Crippen LogP contribution in [0.15, 0.2) is 67.0 Å². The number of hydrazine groups is 1. The van der Waals surface area contributed by atoms with Gasteiger partial charge in [-0.2, -0.15) is 0 Å². The lowest BCUT2D eigenvalue weighted by Gasteiger charge is -2.37. The maximum absolute atomic E-state index is 12.4. The van der Waals surface area contributed by atoms with Crippen LogP contribution < -0.4 is 27.4 Å². The summed E-state index contributed by atoms with van der Waals surface area (Å²) in [5.74, 6) is -0.622. The predicted octanol–water partition coefficient (Wildman–Crippen LogP) is 1.61. The second-order valence-corrected chi connectivity index (χ2v) is 9.51. The number of aryl methyl sites for hydroxylation is 1. The number of nitro benzene ring substituents is 1. The van der Waals surface area contributed by atoms with Gasteiger partial charge in [0.25, 0.3) is 11.6 Å². The summed E-state index contributed by atoms with van der Waals surface area (Å²) < 4.78 is 0. The fourth-order valence-corrected chi connectivity index (χ4v) is 4.01. The molecule has 2 saturated heterocycles. The Morgan fingerprint density at radius 3 is 2.22 bits per heavy atom. The molecule has 0 bridgehead atoms. The summed E-state index contributed by atoms with van der Waals surface area (Å²) in [4.78, 5) is 46.7. The van der Waals surface area contributed by atoms with E-state index < -0.39 is 28.8 Å². The van der Waals surface area contributed by atoms with Gasteiger partial charge in [-0.1, -0.05) is 49.4 Å². The van der Waals surface area contributed by atoms with Gasteiger partial charge in [0.1, 0.15) is 6.04 Å². The first-order valence-corrected chi connectivity index (χ1v) is 13.4. The Hall–Kier alpha value is -4.49. The Bertz CT molecular complexity index is 1180. The zero-order valence-electron chi connectivity index (χ0n) is 23.5. The number of nitrogens with zero attached hydrogens (tertiary/aromatic N) is 3. The van der Waals surface area contributed by atoms with Crippen molar-refractivity contribution in [3.8, 4) is 0 Å². The van der Waals surface area contributed by atoms with Gasteiger partial charge >= 0.3 is 0 Å². The third-order valence-corrected chi connectivity index (χ3v) is 6.13. The number of nitrogens with two attached hydrogens (primary N) is 2. The number of non-ortho nitro benzene ring substituents is 1. The molecule has 2 heterocycles. The molecule has 2 unspecified atom stereocenters. The van der Waals surface area contributed by atoms with E-state index in [0.717, 1.165) is 13.0 Å². The molecule has 0 aliphatic carbocycles. The molecule has 2 aromatic carbocycles. The number of fused-ring (bicyclic) bond motifs is 1. The van der Waals surface area contributed by atoms with Gasteiger partial charge in [-0.15, -0.1) is 0 Å². The van der Waals surface area contributed by atoms with E-state index in [1.807, 2.05) is 23.2 Å². The van der Waals surface area contributed by atoms with Crippen LogP contribution in [0.5, 0.6) is 0 Å². The summed E-state index contributed by atoms with van der Waals surface area (Å²) in [5, 5.41) is 21.8. The summed E-state index contributed by atoms with van der Waals surface area (Å²) in [7, 11) is 0. The maximum Gasteiger partial charge on any atom is 0.269 e. The standard InChI is InChI=1S/C16H20N6O5.C7H8.C5H12N2/c17-12-5-7-20-8-6-13(21(20)16(12)25)15(24)18-9-14(23)19-10-1-3-11(4-2-10)22(26)27;1-7-5-3-2-4-6-7;1-3-4-7-5(2)6/h1-4,12-13H,5-9,17H2,(H,18,24)(H,19,23);2-6H,1H3;7H,2-4,6H2,1H3. The van der Waals surface area contributed by atoms with Crippen molar-refractivity contribution in [3.05, 3.63) is 82.7 Å². The van der Waals surface area contributed by atoms with Crippen molar-refractivity contribution in [1.29, 1.82) is 0 Å². The molecule has 2 aliphatic rings. The van der Waals surface area contributed by atoms with Crippen LogP contribution in [0.2, 0.25) is 0 Å². The highest BCUT2D eigenvalue weighted by atomic mass is 16.6. The topological polar surface area (TPSA) is 189 Å². The maximum atomic E-state index is 12.4. The highest BCUT2D eigenvalue weighted by Crippen LogP contribution is 2.24. The van der Waals surface area contributed by atoms with Crippen LogP contribution in [0.25, 0.3) is 0 Å². The number of nitro groups is 1. The number of rotatable bonds is 8. The quantitative estimate of drug-likeness (QED) is 0.233. The molecule has 0 aromatic heterocycles. The fraction of sp³-hybridized carbons (Fsp3) is 0.393. The monoisotopic (exact) mass is 568 g/mol. The first kappa shape index (κ1) is 32.7. The van der Waals surface area contributed by atoms with Gasteiger partial charge in [0.05, 0.1) is 23.3 Å². The van der Waals surface area contributed by atoms with Gasteiger partial charge in [-0.3, -0.25) is 29.5 Å². The molecule has 0 radical (unpaired) electrons. The molecule has 2 aromatic rings. The second-order valence-electron chi connectivity index (χ2n) is 9.51. The van der Waals surface area contributed by atoms with Crippen molar-refractivity contribution in [2.24, 2.45) is 11.5 Å². The molecule has 2 fully saturated rings. The van der Waals surface area contributed by atoms with Gasteiger partial charge in [0, 0.05) is 37.5 Å². The molecule has 41 heavy (non-hydrogen) atoms. The number of carbonyl (C=O) groups is 3. The Kier molecular flexibility index (Phi) is 13.2. The van der Waals surface area contributed by atoms with Crippen molar-refractivity contribution >= 4 is 29.1 Å². The van der Waals surface area contributed by atoms with E-state index in [2.05, 4.69) is 48.5 Å². The van der Waals surface area contributed by atoms with Gasteiger partial charge < -0.3 is 27.4 Å². The van der Waals surface area contributed by atoms with Crippen LogP contribution in [0, 0.1) is 17.0 Å². The molecule has 0 saturated carbocycles. The SMILES string of the molecule is C=C(N)NCCC.Cc1ccccc1.NC1CCN2CCC(C(=O)NCC(=O)Nc3ccc([N+](=O)[O-])cc3)N2C1=O. The van der Waals surface area contributed by atoms with E-state index in [-0.39, 0.29) is 18.1 Å². The van der Waals surface area contributed by atoms with E-state index >= 15 is 0 Å². The summed E-state index contributed by atoms with van der Waals surface area (Å²) in [6.07, 6.45) is 2.13. The molecule has 13 heteroatoms. The fourth-order valence-electron chi connectivity index (χ4n) is 4.01. The number of carbonyl (C=O) groups excluding carboxylic acids is 3. The van der Waals surface area contributed by atoms with Crippen LogP contribution >= 0.6 is 0 Å². The minimum Gasteiger partial charge on any atom is -0.386 e. The van der Waals surface area contributed by atoms with Crippen molar-refractivity contribution in [1.82, 2.24) is 20.7 Å². The number of amides is 3. The minimum atomic E-state index is -0.670. The Balaban J connectivity index is 0.000000344. The lowest BCUT2D eigenvalue weighted by molar-refractivity contribution is -0.384. The number of benzene rings is 2. The zero-order chi connectivity index (χ0) is 30.4. The molecule has 13 nitrogen and oxygen atoms in total. The molecule has 2 atom stereocenters. The summed E-state index contributed by atoms with van der Waals surface area (Å²) in [6, 6.07) is 14.3. The largest absolute Gasteiger partial charge is 0.386 e. The highest BCUT2D eigenvalue weighted by molar-refractivity contribution is 5.96. The third kappa shape index (κ3) is 10.9. The Labute approximate surface area is 240 Å². The van der Waals surface area contributed by atoms with E-state index in [1.54, 1.807) is 0 Å². The predicted molar refractivity (Wildman–Crippen MR) is 157 cm³/mol. The van der Waals surface area contributed by atoms with Crippen molar-refractivity contribution in [2.75, 3.05) is 31.5 Å². The molecule has 2 aliphatic heterocycles. The highest BCUT2D eigenvalue weighted by Gasteiger charge is 2.44. The Morgan fingerprint density at radius 2 is 1.71 bits per heavy atom. The summed E-state index contributed by atoms with van der Waals surface area (Å²) >= 11 is 0. The molecular formula is C28H40N8O5. The molecule has 222 valence electrons. The molecule has 0 spiro atoms. The number of anilines is 1. The van der Waals surface area contributed by atoms with Gasteiger partial charge in [0.15, 0.2) is 0 Å². The lowest BCUT2D eigenvalue weighted by atomic mass is 10.1. The molecule has 4 rings (SSSR count). The average Bonchev–Trinajstić information content (AvgIpc) is 3.39. The van der Waals surface area contributed by atoms with Gasteiger partial charge in [-0.25, -0.2) is 5.01 Å². The van der Waals surface area contributed by atoms with Crippen LogP contribution in [0.4, 0.5) is 11.4 Å². The van der Waals surface area contributed by atoms with E-state index in [0.29, 0.717) is 37.4 Å². The lowest BCUT2D eigenvalue weighted by Crippen LogP contribution is -2.60. The number of nitrogens with one attached hydrogen (secondary N) is 3. The Morgan fingerprint density at radius 1 is 1.07 bits per heavy atom. The molecule has 3 amide bonds. The van der Waals surface area contributed by atoms with E-state index in [9.17, 15) is 24.5 Å². The van der Waals surface area contributed by atoms with Crippen molar-refractivity contribution in [2.45, 2.75) is 45.2 Å². The second kappa shape index (κ2) is 16.6. The third-order valence-electron chi connectivity index (χ3n) is 6.13. The van der Waals surface area contributed by atoms with Crippen LogP contribution in [0.1, 0.15) is 31.7 Å². The molecule has 7 N–H and O–H groups in total. The van der Waals surface area contributed by atoms with Crippen molar-refractivity contribution < 1.29 is 19.3 Å². The average molecular weight is 569 g/mol. The first-order chi connectivity index (χ1) is 19.5. The van der Waals surface area contributed by atoms with Crippen LogP contribution in [0.3, 0.4) is 0 Å². The van der Waals surface area contributed by atoms with Gasteiger partial charge in [0.2, 0.25) is 11.8 Å². The van der Waals surface area contributed by atoms with Crippen LogP contribution in [-0.2, 0) is 14.4 Å². The van der Waals surface area contributed by atoms with E-state index in [1.165, 1.54) is 34.8 Å². The summed E-state index contributed by atoms with van der Waals surface area (Å²) in [5.41, 5.74) is 12.6. The summed E-state index contributed by atoms with van der Waals surface area (Å²) in [6.45, 7) is 9.48. The minimum absolute atomic E-state index is 0.0866. The smallest absolute Gasteiger partial charge is 0.269 e.